The summed E-state index contributed by atoms with van der Waals surface area (Å²) in [5, 5.41) is 17.7. The molecule has 2 N–H and O–H groups in total. The van der Waals surface area contributed by atoms with E-state index in [0.29, 0.717) is 37.2 Å². The Kier molecular flexibility index (Phi) is 14.9. The molecular weight excluding hydrogens is 528 g/mol. The van der Waals surface area contributed by atoms with E-state index in [9.17, 15) is 19.2 Å². The minimum atomic E-state index is -1.42. The fraction of sp³-hybridized carbons (Fsp3) is 0.688. The summed E-state index contributed by atoms with van der Waals surface area (Å²) >= 11 is 0. The van der Waals surface area contributed by atoms with E-state index in [1.54, 1.807) is 24.3 Å². The van der Waals surface area contributed by atoms with Crippen LogP contribution in [0.2, 0.25) is 0 Å². The minimum Gasteiger partial charge on any atom is -0.479 e. The summed E-state index contributed by atoms with van der Waals surface area (Å²) in [6.45, 7) is 5.17. The number of hydrogen-bond acceptors (Lipinski definition) is 7. The molecule has 230 valence electrons. The number of carboxylic acids is 2. The first kappa shape index (κ1) is 34.3. The molecule has 2 fully saturated rings. The number of ether oxygens (including phenoxy) is 3. The average Bonchev–Trinajstić information content (AvgIpc) is 3.69. The highest BCUT2D eigenvalue weighted by molar-refractivity contribution is 6.03. The van der Waals surface area contributed by atoms with Crippen molar-refractivity contribution in [3.8, 4) is 0 Å². The number of fused-ring (bicyclic) bond motifs is 1. The van der Waals surface area contributed by atoms with Gasteiger partial charge in [0, 0.05) is 0 Å². The summed E-state index contributed by atoms with van der Waals surface area (Å²) in [5.41, 5.74) is -2.25. The van der Waals surface area contributed by atoms with E-state index in [0.717, 1.165) is 38.5 Å². The number of benzene rings is 1. The van der Waals surface area contributed by atoms with Crippen molar-refractivity contribution in [2.75, 3.05) is 13.2 Å². The van der Waals surface area contributed by atoms with Crippen molar-refractivity contribution in [2.45, 2.75) is 128 Å². The van der Waals surface area contributed by atoms with Crippen molar-refractivity contribution in [3.63, 3.8) is 0 Å². The predicted octanol–water partition coefficient (Wildman–Crippen LogP) is 6.96. The van der Waals surface area contributed by atoms with Gasteiger partial charge in [-0.2, -0.15) is 0 Å². The van der Waals surface area contributed by atoms with Gasteiger partial charge in [-0.25, -0.2) is 19.2 Å². The van der Waals surface area contributed by atoms with E-state index in [4.69, 9.17) is 24.4 Å². The van der Waals surface area contributed by atoms with Gasteiger partial charge in [-0.3, -0.25) is 0 Å². The molecule has 1 saturated carbocycles. The van der Waals surface area contributed by atoms with Crippen molar-refractivity contribution < 1.29 is 43.6 Å². The predicted molar refractivity (Wildman–Crippen MR) is 154 cm³/mol. The second-order valence-corrected chi connectivity index (χ2v) is 10.9. The maximum atomic E-state index is 12.4. The smallest absolute Gasteiger partial charge is 0.339 e. The third-order valence-electron chi connectivity index (χ3n) is 7.79. The van der Waals surface area contributed by atoms with Crippen molar-refractivity contribution in [1.29, 1.82) is 0 Å². The number of hydrogen-bond donors (Lipinski definition) is 2. The molecule has 1 aliphatic carbocycles. The Labute approximate surface area is 243 Å². The van der Waals surface area contributed by atoms with Crippen LogP contribution < -0.4 is 0 Å². The molecule has 9 heteroatoms. The van der Waals surface area contributed by atoms with Crippen molar-refractivity contribution in [2.24, 2.45) is 0 Å². The second kappa shape index (κ2) is 17.8. The fourth-order valence-electron chi connectivity index (χ4n) is 5.26. The molecule has 2 unspecified atom stereocenters. The van der Waals surface area contributed by atoms with E-state index in [1.807, 2.05) is 0 Å². The first-order valence-corrected chi connectivity index (χ1v) is 15.4. The monoisotopic (exact) mass is 576 g/mol. The number of epoxide rings is 1. The van der Waals surface area contributed by atoms with Crippen LogP contribution in [0.15, 0.2) is 24.3 Å². The zero-order chi connectivity index (χ0) is 30.1. The Hall–Kier alpha value is -2.94. The van der Waals surface area contributed by atoms with Gasteiger partial charge in [0.25, 0.3) is 0 Å². The minimum absolute atomic E-state index is 0.293. The molecule has 41 heavy (non-hydrogen) atoms. The highest BCUT2D eigenvalue weighted by Crippen LogP contribution is 2.57. The van der Waals surface area contributed by atoms with E-state index in [-0.39, 0.29) is 0 Å². The normalized spacial score (nSPS) is 20.6. The number of carbonyl (C=O) groups excluding carboxylic acids is 2. The maximum absolute atomic E-state index is 12.4. The molecule has 3 rings (SSSR count). The van der Waals surface area contributed by atoms with E-state index in [2.05, 4.69) is 13.8 Å². The quantitative estimate of drug-likeness (QED) is 0.108. The largest absolute Gasteiger partial charge is 0.479 e. The molecule has 1 heterocycles. The summed E-state index contributed by atoms with van der Waals surface area (Å²) in [5.74, 6) is -3.18. The number of carboxylic acid groups (broad SMARTS) is 2. The van der Waals surface area contributed by atoms with Crippen LogP contribution in [0.5, 0.6) is 0 Å². The van der Waals surface area contributed by atoms with Gasteiger partial charge in [0.1, 0.15) is 0 Å². The van der Waals surface area contributed by atoms with Gasteiger partial charge in [-0.05, 0) is 50.7 Å². The number of esters is 2. The Morgan fingerprint density at radius 1 is 0.659 bits per heavy atom. The first-order valence-electron chi connectivity index (χ1n) is 15.4. The van der Waals surface area contributed by atoms with Gasteiger partial charge in [0.05, 0.1) is 24.3 Å². The molecule has 0 spiro atoms. The van der Waals surface area contributed by atoms with Crippen molar-refractivity contribution in [1.82, 2.24) is 0 Å². The third-order valence-corrected chi connectivity index (χ3v) is 7.79. The Balaban J connectivity index is 0.000000372. The van der Waals surface area contributed by atoms with Gasteiger partial charge in [0.15, 0.2) is 0 Å². The molecule has 0 radical (unpaired) electrons. The van der Waals surface area contributed by atoms with Crippen LogP contribution >= 0.6 is 0 Å². The Morgan fingerprint density at radius 2 is 1.02 bits per heavy atom. The summed E-state index contributed by atoms with van der Waals surface area (Å²) < 4.78 is 15.7. The van der Waals surface area contributed by atoms with Crippen LogP contribution in [0.25, 0.3) is 0 Å². The molecule has 2 atom stereocenters. The van der Waals surface area contributed by atoms with Crippen LogP contribution in [0, 0.1) is 0 Å². The van der Waals surface area contributed by atoms with Crippen molar-refractivity contribution >= 4 is 23.9 Å². The standard InChI is InChI=1S/C24H38O4.C8H10O5/c1-3-5-7-9-11-15-19-27-23(25)21-17-13-14-18-22(21)24(26)28-20-16-12-10-8-6-4-2;9-5(10)7-3-1-2-4-8(7,13-7)6(11)12/h13-14,17-18H,3-12,15-16,19-20H2,1-2H3;1-4H2,(H,9,10)(H,11,12). The lowest BCUT2D eigenvalue weighted by Crippen LogP contribution is -2.42. The Bertz CT molecular complexity index is 914. The molecule has 9 nitrogen and oxygen atoms in total. The summed E-state index contributed by atoms with van der Waals surface area (Å²) in [6, 6.07) is 6.74. The highest BCUT2D eigenvalue weighted by atomic mass is 16.7. The molecule has 1 aromatic rings. The van der Waals surface area contributed by atoms with Crippen molar-refractivity contribution in [3.05, 3.63) is 35.4 Å². The SMILES string of the molecule is CCCCCCCCOC(=O)c1ccccc1C(=O)OCCCCCCCC.O=C(O)C12CCCCC1(C(=O)O)O2. The van der Waals surface area contributed by atoms with E-state index in [1.165, 1.54) is 51.4 Å². The van der Waals surface area contributed by atoms with Gasteiger partial charge in [-0.15, -0.1) is 0 Å². The van der Waals surface area contributed by atoms with Crippen LogP contribution in [0.4, 0.5) is 0 Å². The number of unbranched alkanes of at least 4 members (excludes halogenated alkanes) is 10. The zero-order valence-electron chi connectivity index (χ0n) is 24.8. The molecule has 0 bridgehead atoms. The molecule has 1 saturated heterocycles. The summed E-state index contributed by atoms with van der Waals surface area (Å²) in [4.78, 5) is 46.4. The maximum Gasteiger partial charge on any atom is 0.339 e. The van der Waals surface area contributed by atoms with Crippen LogP contribution in [0.1, 0.15) is 137 Å². The average molecular weight is 577 g/mol. The lowest BCUT2D eigenvalue weighted by Gasteiger charge is -2.17. The molecule has 0 aromatic heterocycles. The van der Waals surface area contributed by atoms with Gasteiger partial charge >= 0.3 is 23.9 Å². The Morgan fingerprint density at radius 3 is 1.39 bits per heavy atom. The van der Waals surface area contributed by atoms with E-state index >= 15 is 0 Å². The first-order chi connectivity index (χ1) is 19.8. The zero-order valence-corrected chi connectivity index (χ0v) is 24.8. The van der Waals surface area contributed by atoms with Crippen LogP contribution in [0.3, 0.4) is 0 Å². The number of rotatable bonds is 18. The van der Waals surface area contributed by atoms with Crippen LogP contribution in [-0.4, -0.2) is 58.5 Å². The molecule has 1 aromatic carbocycles. The van der Waals surface area contributed by atoms with Gasteiger partial charge < -0.3 is 24.4 Å². The summed E-state index contributed by atoms with van der Waals surface area (Å²) in [6.07, 6.45) is 15.7. The van der Waals surface area contributed by atoms with Gasteiger partial charge in [-0.1, -0.05) is 90.2 Å². The second-order valence-electron chi connectivity index (χ2n) is 10.9. The van der Waals surface area contributed by atoms with E-state index < -0.39 is 35.1 Å². The lowest BCUT2D eigenvalue weighted by molar-refractivity contribution is -0.147. The fourth-order valence-corrected chi connectivity index (χ4v) is 5.26. The lowest BCUT2D eigenvalue weighted by atomic mass is 9.79. The number of aliphatic carboxylic acids is 2. The van der Waals surface area contributed by atoms with Gasteiger partial charge in [0.2, 0.25) is 11.2 Å². The molecule has 0 amide bonds. The molecule has 2 aliphatic rings. The molecule has 1 aliphatic heterocycles. The van der Waals surface area contributed by atoms with Crippen LogP contribution in [-0.2, 0) is 23.8 Å². The number of carbonyl (C=O) groups is 4. The summed E-state index contributed by atoms with van der Waals surface area (Å²) in [7, 11) is 0. The highest BCUT2D eigenvalue weighted by Gasteiger charge is 2.80. The molecular formula is C32H48O9. The third kappa shape index (κ3) is 9.83. The topological polar surface area (TPSA) is 140 Å².